The van der Waals surface area contributed by atoms with Crippen LogP contribution in [0.15, 0.2) is 16.5 Å². The van der Waals surface area contributed by atoms with Crippen molar-refractivity contribution < 1.29 is 24.2 Å². The number of carboxylic acids is 1. The van der Waals surface area contributed by atoms with Gasteiger partial charge in [0.2, 0.25) is 5.76 Å². The second-order valence-corrected chi connectivity index (χ2v) is 6.42. The van der Waals surface area contributed by atoms with Crippen molar-refractivity contribution >= 4 is 16.9 Å². The fourth-order valence-corrected chi connectivity index (χ4v) is 4.03. The van der Waals surface area contributed by atoms with Gasteiger partial charge in [-0.15, -0.1) is 0 Å². The van der Waals surface area contributed by atoms with E-state index in [9.17, 15) is 15.0 Å². The largest absolute Gasteiger partial charge is 0.487 e. The fraction of sp³-hybridized carbons (Fsp3) is 0.471. The van der Waals surface area contributed by atoms with Crippen LogP contribution in [0, 0.1) is 6.92 Å². The van der Waals surface area contributed by atoms with E-state index in [0.717, 1.165) is 25.7 Å². The number of carboxylic acid groups (broad SMARTS) is 1. The first-order valence-corrected chi connectivity index (χ1v) is 7.67. The first kappa shape index (κ1) is 13.6. The fourth-order valence-electron chi connectivity index (χ4n) is 4.03. The highest BCUT2D eigenvalue weighted by molar-refractivity contribution is 5.97. The van der Waals surface area contributed by atoms with Crippen LogP contribution in [0.4, 0.5) is 0 Å². The lowest BCUT2D eigenvalue weighted by atomic mass is 9.85. The summed E-state index contributed by atoms with van der Waals surface area (Å²) in [6, 6.07) is 3.52. The Balaban J connectivity index is 1.91. The molecule has 5 heteroatoms. The van der Waals surface area contributed by atoms with Crippen LogP contribution in [0.5, 0.6) is 5.75 Å². The summed E-state index contributed by atoms with van der Waals surface area (Å²) in [6.07, 6.45) is 4.09. The van der Waals surface area contributed by atoms with Gasteiger partial charge in [-0.05, 0) is 44.7 Å². The predicted octanol–water partition coefficient (Wildman–Crippen LogP) is 3.57. The average molecular weight is 302 g/mol. The minimum atomic E-state index is -1.10. The van der Waals surface area contributed by atoms with Crippen molar-refractivity contribution in [3.8, 4) is 5.75 Å². The van der Waals surface area contributed by atoms with Crippen LogP contribution in [0.25, 0.3) is 11.0 Å². The maximum Gasteiger partial charge on any atom is 0.372 e. The third kappa shape index (κ3) is 1.78. The van der Waals surface area contributed by atoms with Crippen LogP contribution in [-0.4, -0.2) is 21.8 Å². The Hall–Kier alpha value is -2.01. The molecule has 1 aliphatic heterocycles. The predicted molar refractivity (Wildman–Crippen MR) is 79.3 cm³/mol. The Kier molecular flexibility index (Phi) is 2.78. The van der Waals surface area contributed by atoms with E-state index in [1.54, 1.807) is 19.1 Å². The molecule has 0 saturated heterocycles. The molecular weight excluding hydrogens is 284 g/mol. The Morgan fingerprint density at radius 1 is 1.32 bits per heavy atom. The number of benzene rings is 1. The summed E-state index contributed by atoms with van der Waals surface area (Å²) in [5, 5.41) is 20.6. The second-order valence-electron chi connectivity index (χ2n) is 6.42. The van der Waals surface area contributed by atoms with Gasteiger partial charge < -0.3 is 19.4 Å². The van der Waals surface area contributed by atoms with Gasteiger partial charge in [0.1, 0.15) is 16.9 Å². The monoisotopic (exact) mass is 302 g/mol. The van der Waals surface area contributed by atoms with Crippen LogP contribution >= 0.6 is 0 Å². The molecule has 0 radical (unpaired) electrons. The summed E-state index contributed by atoms with van der Waals surface area (Å²) in [5.74, 6) is -0.508. The summed E-state index contributed by atoms with van der Waals surface area (Å²) in [6.45, 7) is 1.71. The van der Waals surface area contributed by atoms with Crippen molar-refractivity contribution in [2.45, 2.75) is 50.7 Å². The molecule has 1 spiro atoms. The Bertz CT molecular complexity index is 767. The molecule has 1 aromatic heterocycles. The van der Waals surface area contributed by atoms with Crippen LogP contribution in [-0.2, 0) is 0 Å². The molecule has 1 aromatic carbocycles. The number of aliphatic hydroxyl groups excluding tert-OH is 1. The Labute approximate surface area is 127 Å². The summed E-state index contributed by atoms with van der Waals surface area (Å²) in [4.78, 5) is 11.3. The molecule has 1 fully saturated rings. The number of hydrogen-bond acceptors (Lipinski definition) is 4. The number of fused-ring (bicyclic) bond motifs is 3. The van der Waals surface area contributed by atoms with Crippen molar-refractivity contribution in [2.75, 3.05) is 0 Å². The van der Waals surface area contributed by atoms with E-state index in [2.05, 4.69) is 0 Å². The number of ether oxygens (including phenoxy) is 1. The molecule has 116 valence electrons. The number of rotatable bonds is 1. The van der Waals surface area contributed by atoms with E-state index in [4.69, 9.17) is 9.15 Å². The molecule has 4 rings (SSSR count). The third-order valence-electron chi connectivity index (χ3n) is 5.03. The maximum atomic E-state index is 11.3. The van der Waals surface area contributed by atoms with Gasteiger partial charge in [0.05, 0.1) is 6.10 Å². The van der Waals surface area contributed by atoms with Gasteiger partial charge in [0, 0.05) is 22.9 Å². The lowest BCUT2D eigenvalue weighted by molar-refractivity contribution is -0.00845. The van der Waals surface area contributed by atoms with Crippen molar-refractivity contribution in [1.82, 2.24) is 0 Å². The molecule has 1 saturated carbocycles. The van der Waals surface area contributed by atoms with Crippen molar-refractivity contribution in [1.29, 1.82) is 0 Å². The van der Waals surface area contributed by atoms with E-state index in [0.29, 0.717) is 34.3 Å². The molecule has 2 heterocycles. The number of furan rings is 1. The zero-order valence-corrected chi connectivity index (χ0v) is 12.4. The van der Waals surface area contributed by atoms with Gasteiger partial charge in [-0.2, -0.15) is 0 Å². The molecule has 2 aliphatic rings. The summed E-state index contributed by atoms with van der Waals surface area (Å²) >= 11 is 0. The van der Waals surface area contributed by atoms with Crippen LogP contribution in [0.3, 0.4) is 0 Å². The molecule has 1 unspecified atom stereocenters. The number of aliphatic hydroxyl groups is 1. The minimum Gasteiger partial charge on any atom is -0.487 e. The molecule has 22 heavy (non-hydrogen) atoms. The topological polar surface area (TPSA) is 79.9 Å². The van der Waals surface area contributed by atoms with Crippen LogP contribution in [0.1, 0.15) is 59.9 Å². The maximum absolute atomic E-state index is 11.3. The van der Waals surface area contributed by atoms with E-state index >= 15 is 0 Å². The van der Waals surface area contributed by atoms with Crippen LogP contribution in [0.2, 0.25) is 0 Å². The summed E-state index contributed by atoms with van der Waals surface area (Å²) in [5.41, 5.74) is 1.44. The van der Waals surface area contributed by atoms with Crippen LogP contribution < -0.4 is 4.74 Å². The normalized spacial score (nSPS) is 22.7. The van der Waals surface area contributed by atoms with Gasteiger partial charge in [0.25, 0.3) is 0 Å². The van der Waals surface area contributed by atoms with E-state index in [-0.39, 0.29) is 11.4 Å². The zero-order valence-electron chi connectivity index (χ0n) is 12.4. The number of hydrogen-bond donors (Lipinski definition) is 2. The molecule has 5 nitrogen and oxygen atoms in total. The number of carbonyl (C=O) groups is 1. The zero-order chi connectivity index (χ0) is 15.5. The molecule has 1 aliphatic carbocycles. The third-order valence-corrected chi connectivity index (χ3v) is 5.03. The van der Waals surface area contributed by atoms with Gasteiger partial charge in [0.15, 0.2) is 0 Å². The number of aromatic carboxylic acids is 1. The number of aryl methyl sites for hydroxylation is 1. The first-order valence-electron chi connectivity index (χ1n) is 7.67. The van der Waals surface area contributed by atoms with Gasteiger partial charge in [-0.25, -0.2) is 4.79 Å². The minimum absolute atomic E-state index is 0.0725. The molecular formula is C17H18O5. The average Bonchev–Trinajstić information content (AvgIpc) is 3.04. The smallest absolute Gasteiger partial charge is 0.372 e. The lowest BCUT2D eigenvalue weighted by Gasteiger charge is -2.38. The van der Waals surface area contributed by atoms with Crippen molar-refractivity contribution in [3.05, 3.63) is 29.0 Å². The molecule has 2 aromatic rings. The van der Waals surface area contributed by atoms with Gasteiger partial charge in [-0.3, -0.25) is 0 Å². The van der Waals surface area contributed by atoms with Gasteiger partial charge in [-0.1, -0.05) is 0 Å². The summed E-state index contributed by atoms with van der Waals surface area (Å²) < 4.78 is 11.7. The Morgan fingerprint density at radius 3 is 2.73 bits per heavy atom. The summed E-state index contributed by atoms with van der Waals surface area (Å²) in [7, 11) is 0. The highest BCUT2D eigenvalue weighted by Gasteiger charge is 2.43. The molecule has 1 atom stereocenters. The van der Waals surface area contributed by atoms with Gasteiger partial charge >= 0.3 is 5.97 Å². The quantitative estimate of drug-likeness (QED) is 0.841. The standard InChI is InChI=1S/C17H18O5/c1-9-13-11(21-15(9)16(19)20)4-5-12-14(13)10(18)8-17(22-12)6-2-3-7-17/h4-5,10,18H,2-3,6-8H2,1H3,(H,19,20). The lowest BCUT2D eigenvalue weighted by Crippen LogP contribution is -2.38. The molecule has 0 amide bonds. The van der Waals surface area contributed by atoms with E-state index < -0.39 is 12.1 Å². The SMILES string of the molecule is Cc1c(C(=O)O)oc2ccc3c(c12)C(O)CC1(CCCC1)O3. The van der Waals surface area contributed by atoms with E-state index in [1.807, 2.05) is 0 Å². The van der Waals surface area contributed by atoms with E-state index in [1.165, 1.54) is 0 Å². The van der Waals surface area contributed by atoms with Crippen molar-refractivity contribution in [2.24, 2.45) is 0 Å². The molecule has 2 N–H and O–H groups in total. The molecule has 0 bridgehead atoms. The highest BCUT2D eigenvalue weighted by Crippen LogP contribution is 2.50. The Morgan fingerprint density at radius 2 is 2.05 bits per heavy atom. The first-order chi connectivity index (χ1) is 10.5. The second kappa shape index (κ2) is 4.49. The van der Waals surface area contributed by atoms with Crippen molar-refractivity contribution in [3.63, 3.8) is 0 Å². The highest BCUT2D eigenvalue weighted by atomic mass is 16.5.